The van der Waals surface area contributed by atoms with Gasteiger partial charge in [-0.25, -0.2) is 5.43 Å². The van der Waals surface area contributed by atoms with Gasteiger partial charge in [-0.1, -0.05) is 50.0 Å². The Morgan fingerprint density at radius 1 is 1.32 bits per heavy atom. The van der Waals surface area contributed by atoms with E-state index in [9.17, 15) is 4.79 Å². The molecule has 7 heteroatoms. The van der Waals surface area contributed by atoms with Gasteiger partial charge in [-0.2, -0.15) is 10.2 Å². The third-order valence-corrected chi connectivity index (χ3v) is 3.64. The lowest BCUT2D eigenvalue weighted by atomic mass is 9.92. The molecule has 0 aliphatic heterocycles. The molecule has 2 N–H and O–H groups in total. The van der Waals surface area contributed by atoms with Gasteiger partial charge in [-0.15, -0.1) is 0 Å². The van der Waals surface area contributed by atoms with Crippen molar-refractivity contribution in [3.05, 3.63) is 51.3 Å². The molecule has 1 heterocycles. The van der Waals surface area contributed by atoms with Crippen LogP contribution in [0.25, 0.3) is 0 Å². The van der Waals surface area contributed by atoms with E-state index in [1.807, 2.05) is 20.8 Å². The van der Waals surface area contributed by atoms with Crippen LogP contribution in [-0.4, -0.2) is 22.3 Å². The Hall–Kier alpha value is -1.85. The van der Waals surface area contributed by atoms with E-state index in [2.05, 4.69) is 20.7 Å². The third-order valence-electron chi connectivity index (χ3n) is 2.98. The highest BCUT2D eigenvalue weighted by Crippen LogP contribution is 2.22. The van der Waals surface area contributed by atoms with Crippen LogP contribution in [0.2, 0.25) is 10.0 Å². The molecule has 0 saturated heterocycles. The van der Waals surface area contributed by atoms with Crippen molar-refractivity contribution in [1.29, 1.82) is 0 Å². The lowest BCUT2D eigenvalue weighted by Gasteiger charge is -2.14. The van der Waals surface area contributed by atoms with Crippen LogP contribution in [0.1, 0.15) is 42.5 Å². The van der Waals surface area contributed by atoms with Gasteiger partial charge in [0.15, 0.2) is 5.69 Å². The lowest BCUT2D eigenvalue weighted by molar-refractivity contribution is 0.0950. The van der Waals surface area contributed by atoms with Gasteiger partial charge in [0.2, 0.25) is 0 Å². The highest BCUT2D eigenvalue weighted by atomic mass is 35.5. The average Bonchev–Trinajstić information content (AvgIpc) is 2.91. The standard InChI is InChI=1S/C15H16Cl2N4O/c1-15(2,3)13-7-12(19-20-13)14(22)21-18-8-9-10(16)5-4-6-11(9)17/h4-8H,1-3H3,(H,19,20)(H,21,22)/b18-8+. The van der Waals surface area contributed by atoms with Crippen molar-refractivity contribution in [3.8, 4) is 0 Å². The molecule has 0 aliphatic carbocycles. The van der Waals surface area contributed by atoms with Crippen LogP contribution in [0.4, 0.5) is 0 Å². The average molecular weight is 339 g/mol. The Bertz CT molecular complexity index is 696. The minimum absolute atomic E-state index is 0.111. The molecule has 5 nitrogen and oxygen atoms in total. The number of hydrogen-bond donors (Lipinski definition) is 2. The van der Waals surface area contributed by atoms with Gasteiger partial charge < -0.3 is 0 Å². The number of nitrogens with one attached hydrogen (secondary N) is 2. The quantitative estimate of drug-likeness (QED) is 0.660. The van der Waals surface area contributed by atoms with E-state index in [0.717, 1.165) is 5.69 Å². The van der Waals surface area contributed by atoms with Gasteiger partial charge in [-0.05, 0) is 18.2 Å². The largest absolute Gasteiger partial charge is 0.291 e. The summed E-state index contributed by atoms with van der Waals surface area (Å²) in [5, 5.41) is 11.6. The first kappa shape index (κ1) is 16.5. The van der Waals surface area contributed by atoms with Crippen LogP contribution in [0.5, 0.6) is 0 Å². The van der Waals surface area contributed by atoms with Crippen LogP contribution < -0.4 is 5.43 Å². The van der Waals surface area contributed by atoms with E-state index < -0.39 is 5.91 Å². The molecule has 0 saturated carbocycles. The molecule has 0 unspecified atom stereocenters. The molecule has 0 bridgehead atoms. The van der Waals surface area contributed by atoms with Crippen LogP contribution in [0.3, 0.4) is 0 Å². The molecule has 1 aromatic carbocycles. The number of aromatic amines is 1. The predicted octanol–water partition coefficient (Wildman–Crippen LogP) is 3.78. The fourth-order valence-electron chi connectivity index (χ4n) is 1.67. The second-order valence-corrected chi connectivity index (χ2v) is 6.57. The number of hydrogen-bond acceptors (Lipinski definition) is 3. The first-order valence-electron chi connectivity index (χ1n) is 6.62. The van der Waals surface area contributed by atoms with Gasteiger partial charge in [0, 0.05) is 16.7 Å². The fraction of sp³-hybridized carbons (Fsp3) is 0.267. The summed E-state index contributed by atoms with van der Waals surface area (Å²) >= 11 is 12.0. The molecule has 2 aromatic rings. The van der Waals surface area contributed by atoms with Crippen molar-refractivity contribution < 1.29 is 4.79 Å². The van der Waals surface area contributed by atoms with Crippen LogP contribution in [0, 0.1) is 0 Å². The summed E-state index contributed by atoms with van der Waals surface area (Å²) in [5.74, 6) is -0.411. The van der Waals surface area contributed by atoms with E-state index in [-0.39, 0.29) is 11.1 Å². The first-order chi connectivity index (χ1) is 10.3. The maximum Gasteiger partial charge on any atom is 0.291 e. The second-order valence-electron chi connectivity index (χ2n) is 5.75. The summed E-state index contributed by atoms with van der Waals surface area (Å²) < 4.78 is 0. The molecular weight excluding hydrogens is 323 g/mol. The van der Waals surface area contributed by atoms with Crippen LogP contribution in [-0.2, 0) is 5.41 Å². The monoisotopic (exact) mass is 338 g/mol. The number of carbonyl (C=O) groups excluding carboxylic acids is 1. The Balaban J connectivity index is 2.07. The minimum atomic E-state index is -0.411. The summed E-state index contributed by atoms with van der Waals surface area (Å²) in [6.07, 6.45) is 1.40. The van der Waals surface area contributed by atoms with Gasteiger partial charge >= 0.3 is 0 Å². The van der Waals surface area contributed by atoms with E-state index >= 15 is 0 Å². The Morgan fingerprint density at radius 2 is 1.95 bits per heavy atom. The number of hydrazone groups is 1. The van der Waals surface area contributed by atoms with E-state index in [1.165, 1.54) is 6.21 Å². The van der Waals surface area contributed by atoms with E-state index in [4.69, 9.17) is 23.2 Å². The number of amides is 1. The maximum absolute atomic E-state index is 12.0. The fourth-order valence-corrected chi connectivity index (χ4v) is 2.16. The number of aromatic nitrogens is 2. The van der Waals surface area contributed by atoms with Crippen molar-refractivity contribution in [2.45, 2.75) is 26.2 Å². The number of nitrogens with zero attached hydrogens (tertiary/aromatic N) is 2. The van der Waals surface area contributed by atoms with E-state index in [0.29, 0.717) is 15.6 Å². The molecule has 0 spiro atoms. The smallest absolute Gasteiger partial charge is 0.281 e. The van der Waals surface area contributed by atoms with E-state index in [1.54, 1.807) is 24.3 Å². The maximum atomic E-state index is 12.0. The number of halogens is 2. The summed E-state index contributed by atoms with van der Waals surface area (Å²) in [4.78, 5) is 12.0. The Kier molecular flexibility index (Phi) is 4.88. The van der Waals surface area contributed by atoms with Crippen molar-refractivity contribution >= 4 is 35.3 Å². The topological polar surface area (TPSA) is 70.1 Å². The van der Waals surface area contributed by atoms with Crippen LogP contribution in [0.15, 0.2) is 29.4 Å². The molecular formula is C15H16Cl2N4O. The SMILES string of the molecule is CC(C)(C)c1cc(C(=O)N/N=C/c2c(Cl)cccc2Cl)n[nH]1. The molecule has 0 fully saturated rings. The normalized spacial score (nSPS) is 11.9. The Labute approximate surface area is 138 Å². The van der Waals surface area contributed by atoms with Gasteiger partial charge in [0.1, 0.15) is 0 Å². The molecule has 2 rings (SSSR count). The zero-order chi connectivity index (χ0) is 16.3. The molecule has 22 heavy (non-hydrogen) atoms. The predicted molar refractivity (Wildman–Crippen MR) is 88.8 cm³/mol. The van der Waals surface area contributed by atoms with Crippen molar-refractivity contribution in [1.82, 2.24) is 15.6 Å². The zero-order valence-corrected chi connectivity index (χ0v) is 14.0. The lowest BCUT2D eigenvalue weighted by Crippen LogP contribution is -2.18. The van der Waals surface area contributed by atoms with Gasteiger partial charge in [-0.3, -0.25) is 9.89 Å². The molecule has 0 radical (unpaired) electrons. The van der Waals surface area contributed by atoms with Crippen molar-refractivity contribution in [2.24, 2.45) is 5.10 Å². The Morgan fingerprint density at radius 3 is 2.50 bits per heavy atom. The molecule has 116 valence electrons. The molecule has 1 aromatic heterocycles. The molecule has 1 amide bonds. The van der Waals surface area contributed by atoms with Gasteiger partial charge in [0.25, 0.3) is 5.91 Å². The summed E-state index contributed by atoms with van der Waals surface area (Å²) in [6.45, 7) is 6.08. The molecule has 0 aliphatic rings. The second kappa shape index (κ2) is 6.50. The number of carbonyl (C=O) groups is 1. The first-order valence-corrected chi connectivity index (χ1v) is 7.38. The van der Waals surface area contributed by atoms with Gasteiger partial charge in [0.05, 0.1) is 16.3 Å². The zero-order valence-electron chi connectivity index (χ0n) is 12.4. The summed E-state index contributed by atoms with van der Waals surface area (Å²) in [5.41, 5.74) is 3.97. The summed E-state index contributed by atoms with van der Waals surface area (Å²) in [7, 11) is 0. The number of H-pyrrole nitrogens is 1. The van der Waals surface area contributed by atoms with Crippen molar-refractivity contribution in [3.63, 3.8) is 0 Å². The number of benzene rings is 1. The molecule has 0 atom stereocenters. The number of rotatable bonds is 3. The van der Waals surface area contributed by atoms with Crippen LogP contribution >= 0.6 is 23.2 Å². The minimum Gasteiger partial charge on any atom is -0.281 e. The van der Waals surface area contributed by atoms with Crippen molar-refractivity contribution in [2.75, 3.05) is 0 Å². The highest BCUT2D eigenvalue weighted by Gasteiger charge is 2.19. The highest BCUT2D eigenvalue weighted by molar-refractivity contribution is 6.38. The summed E-state index contributed by atoms with van der Waals surface area (Å²) in [6, 6.07) is 6.82. The third kappa shape index (κ3) is 3.87.